The van der Waals surface area contributed by atoms with Gasteiger partial charge in [-0.05, 0) is 39.4 Å². The first-order chi connectivity index (χ1) is 6.24. The van der Waals surface area contributed by atoms with Gasteiger partial charge in [-0.2, -0.15) is 0 Å². The fourth-order valence-electron chi connectivity index (χ4n) is 1.66. The lowest BCUT2D eigenvalue weighted by Gasteiger charge is -2.27. The molecule has 0 aromatic rings. The van der Waals surface area contributed by atoms with Crippen molar-refractivity contribution in [2.75, 3.05) is 26.7 Å². The van der Waals surface area contributed by atoms with Crippen molar-refractivity contribution in [1.82, 2.24) is 10.2 Å². The van der Waals surface area contributed by atoms with Gasteiger partial charge in [0, 0.05) is 13.9 Å². The van der Waals surface area contributed by atoms with Crippen LogP contribution in [0.25, 0.3) is 0 Å². The van der Waals surface area contributed by atoms with E-state index < -0.39 is 0 Å². The van der Waals surface area contributed by atoms with Crippen LogP contribution in [0.4, 0.5) is 0 Å². The molecule has 0 atom stereocenters. The van der Waals surface area contributed by atoms with Crippen LogP contribution in [0.15, 0.2) is 0 Å². The highest BCUT2D eigenvalue weighted by molar-refractivity contribution is 5.78. The summed E-state index contributed by atoms with van der Waals surface area (Å²) >= 11 is 0. The van der Waals surface area contributed by atoms with Crippen LogP contribution in [0, 0.1) is 5.92 Å². The van der Waals surface area contributed by atoms with Crippen molar-refractivity contribution >= 4 is 5.91 Å². The zero-order valence-corrected chi connectivity index (χ0v) is 8.68. The molecule has 0 aromatic heterocycles. The van der Waals surface area contributed by atoms with Crippen LogP contribution in [0.3, 0.4) is 0 Å². The number of hydrogen-bond acceptors (Lipinski definition) is 2. The van der Waals surface area contributed by atoms with Gasteiger partial charge in [0.15, 0.2) is 0 Å². The molecule has 1 aliphatic rings. The van der Waals surface area contributed by atoms with Crippen molar-refractivity contribution in [1.29, 1.82) is 0 Å². The number of piperidine rings is 1. The number of hydrogen-bond donors (Lipinski definition) is 1. The first kappa shape index (κ1) is 10.5. The van der Waals surface area contributed by atoms with E-state index in [1.807, 2.05) is 0 Å². The van der Waals surface area contributed by atoms with Gasteiger partial charge in [0.25, 0.3) is 0 Å². The second-order valence-electron chi connectivity index (χ2n) is 3.87. The van der Waals surface area contributed by atoms with Crippen LogP contribution in [-0.2, 0) is 4.79 Å². The van der Waals surface area contributed by atoms with E-state index in [4.69, 9.17) is 0 Å². The normalized spacial score (nSPS) is 20.2. The number of nitrogens with one attached hydrogen (secondary N) is 1. The molecular weight excluding hydrogens is 164 g/mol. The van der Waals surface area contributed by atoms with E-state index in [1.54, 1.807) is 0 Å². The summed E-state index contributed by atoms with van der Waals surface area (Å²) in [6.07, 6.45) is 3.07. The van der Waals surface area contributed by atoms with E-state index in [2.05, 4.69) is 24.2 Å². The van der Waals surface area contributed by atoms with E-state index in [1.165, 1.54) is 0 Å². The molecule has 1 fully saturated rings. The minimum atomic E-state index is 0. The van der Waals surface area contributed by atoms with Gasteiger partial charge in [0.2, 0.25) is 5.91 Å². The lowest BCUT2D eigenvalue weighted by Crippen LogP contribution is -2.39. The highest BCUT2D eigenvalue weighted by atomic mass is 16.1. The summed E-state index contributed by atoms with van der Waals surface area (Å²) < 4.78 is 0. The Kier molecular flexibility index (Phi) is 4.22. The van der Waals surface area contributed by atoms with Gasteiger partial charge >= 0.3 is 0 Å². The highest BCUT2D eigenvalue weighted by Gasteiger charge is 2.22. The monoisotopic (exact) mass is 186 g/mol. The van der Waals surface area contributed by atoms with Crippen LogP contribution >= 0.6 is 0 Å². The van der Waals surface area contributed by atoms with Gasteiger partial charge in [0.05, 0.1) is 0 Å². The largest absolute Gasteiger partial charge is 0.356 e. The van der Waals surface area contributed by atoms with Crippen LogP contribution in [0.1, 0.15) is 27.6 Å². The third-order valence-electron chi connectivity index (χ3n) is 2.64. The topological polar surface area (TPSA) is 32.3 Å². The summed E-state index contributed by atoms with van der Waals surface area (Å²) in [6, 6.07) is 0. The molecule has 13 heavy (non-hydrogen) atoms. The van der Waals surface area contributed by atoms with E-state index >= 15 is 0 Å². The summed E-state index contributed by atoms with van der Waals surface area (Å²) in [6.45, 7) is 5.02. The Balaban J connectivity index is 0.00000169. The molecule has 1 heterocycles. The molecule has 1 saturated heterocycles. The van der Waals surface area contributed by atoms with Gasteiger partial charge in [-0.1, -0.05) is 6.92 Å². The standard InChI is InChI=1S/C10H20N2O.H2/c1-3-6-11-10(13)9-4-7-12(2)8-5-9;/h9H,3-8H2,1-2H3,(H,11,13);1H. The fourth-order valence-corrected chi connectivity index (χ4v) is 1.66. The van der Waals surface area contributed by atoms with E-state index in [0.29, 0.717) is 0 Å². The molecule has 1 aliphatic heterocycles. The Labute approximate surface area is 82.0 Å². The minimum Gasteiger partial charge on any atom is -0.356 e. The maximum atomic E-state index is 11.5. The van der Waals surface area contributed by atoms with Crippen molar-refractivity contribution in [3.63, 3.8) is 0 Å². The first-order valence-electron chi connectivity index (χ1n) is 5.20. The number of nitrogens with zero attached hydrogens (tertiary/aromatic N) is 1. The summed E-state index contributed by atoms with van der Waals surface area (Å²) in [7, 11) is 2.11. The Bertz CT molecular complexity index is 168. The lowest BCUT2D eigenvalue weighted by atomic mass is 9.96. The summed E-state index contributed by atoms with van der Waals surface area (Å²) in [5.74, 6) is 0.526. The zero-order chi connectivity index (χ0) is 9.68. The lowest BCUT2D eigenvalue weighted by molar-refractivity contribution is -0.126. The molecular formula is C10H22N2O. The van der Waals surface area contributed by atoms with E-state index in [-0.39, 0.29) is 13.3 Å². The molecule has 3 nitrogen and oxygen atoms in total. The van der Waals surface area contributed by atoms with Crippen molar-refractivity contribution in [3.8, 4) is 0 Å². The van der Waals surface area contributed by atoms with Gasteiger partial charge in [0.1, 0.15) is 0 Å². The van der Waals surface area contributed by atoms with Crippen LogP contribution in [0.2, 0.25) is 0 Å². The summed E-state index contributed by atoms with van der Waals surface area (Å²) in [4.78, 5) is 13.8. The molecule has 0 aromatic carbocycles. The maximum absolute atomic E-state index is 11.5. The number of carbonyl (C=O) groups is 1. The quantitative estimate of drug-likeness (QED) is 0.716. The van der Waals surface area contributed by atoms with Crippen molar-refractivity contribution < 1.29 is 6.22 Å². The Morgan fingerprint density at radius 2 is 2.15 bits per heavy atom. The summed E-state index contributed by atoms with van der Waals surface area (Å²) in [5.41, 5.74) is 0. The number of carbonyl (C=O) groups excluding carboxylic acids is 1. The second kappa shape index (κ2) is 5.22. The molecule has 78 valence electrons. The van der Waals surface area contributed by atoms with Crippen LogP contribution < -0.4 is 5.32 Å². The van der Waals surface area contributed by atoms with Crippen LogP contribution in [0.5, 0.6) is 0 Å². The molecule has 1 N–H and O–H groups in total. The Morgan fingerprint density at radius 1 is 1.54 bits per heavy atom. The van der Waals surface area contributed by atoms with Gasteiger partial charge in [-0.15, -0.1) is 0 Å². The van der Waals surface area contributed by atoms with E-state index in [0.717, 1.165) is 38.9 Å². The number of rotatable bonds is 3. The summed E-state index contributed by atoms with van der Waals surface area (Å²) in [5, 5.41) is 2.96. The molecule has 3 heteroatoms. The maximum Gasteiger partial charge on any atom is 0.223 e. The number of amides is 1. The molecule has 1 amide bonds. The number of likely N-dealkylation sites (tertiary alicyclic amines) is 1. The predicted molar refractivity (Wildman–Crippen MR) is 55.6 cm³/mol. The van der Waals surface area contributed by atoms with Crippen molar-refractivity contribution in [2.45, 2.75) is 26.2 Å². The van der Waals surface area contributed by atoms with Crippen molar-refractivity contribution in [2.24, 2.45) is 5.92 Å². The molecule has 0 spiro atoms. The molecule has 0 unspecified atom stereocenters. The average molecular weight is 186 g/mol. The minimum absolute atomic E-state index is 0. The molecule has 0 aliphatic carbocycles. The highest BCUT2D eigenvalue weighted by Crippen LogP contribution is 2.15. The smallest absolute Gasteiger partial charge is 0.223 e. The molecule has 0 saturated carbocycles. The average Bonchev–Trinajstić information content (AvgIpc) is 2.15. The zero-order valence-electron chi connectivity index (χ0n) is 8.68. The van der Waals surface area contributed by atoms with Crippen molar-refractivity contribution in [3.05, 3.63) is 0 Å². The SMILES string of the molecule is CCCNC(=O)C1CCN(C)CC1.[HH]. The molecule has 1 rings (SSSR count). The Morgan fingerprint density at radius 3 is 2.69 bits per heavy atom. The van der Waals surface area contributed by atoms with E-state index in [9.17, 15) is 4.79 Å². The third kappa shape index (κ3) is 3.35. The van der Waals surface area contributed by atoms with Gasteiger partial charge in [-0.3, -0.25) is 4.79 Å². The fraction of sp³-hybridized carbons (Fsp3) is 0.900. The first-order valence-corrected chi connectivity index (χ1v) is 5.20. The predicted octanol–water partition coefficient (Wildman–Crippen LogP) is 1.10. The molecule has 0 radical (unpaired) electrons. The molecule has 0 bridgehead atoms. The third-order valence-corrected chi connectivity index (χ3v) is 2.64. The van der Waals surface area contributed by atoms with Crippen LogP contribution in [-0.4, -0.2) is 37.5 Å². The van der Waals surface area contributed by atoms with Gasteiger partial charge in [-0.25, -0.2) is 0 Å². The Hall–Kier alpha value is -0.570. The second-order valence-corrected chi connectivity index (χ2v) is 3.87. The van der Waals surface area contributed by atoms with Gasteiger partial charge < -0.3 is 10.2 Å².